The van der Waals surface area contributed by atoms with Gasteiger partial charge in [0, 0.05) is 5.38 Å². The van der Waals surface area contributed by atoms with Gasteiger partial charge in [0.05, 0.1) is 17.7 Å². The molecule has 0 bridgehead atoms. The van der Waals surface area contributed by atoms with Crippen LogP contribution in [0.5, 0.6) is 5.75 Å². The summed E-state index contributed by atoms with van der Waals surface area (Å²) in [5, 5.41) is 10.4. The van der Waals surface area contributed by atoms with Crippen molar-refractivity contribution in [3.63, 3.8) is 0 Å². The van der Waals surface area contributed by atoms with Gasteiger partial charge in [0.2, 0.25) is 0 Å². The monoisotopic (exact) mass is 303 g/mol. The number of aromatic nitrogens is 1. The number of alkyl halides is 3. The smallest absolute Gasteiger partial charge is 0.481 e. The van der Waals surface area contributed by atoms with Gasteiger partial charge in [-0.3, -0.25) is 4.79 Å². The third-order valence-corrected chi connectivity index (χ3v) is 3.15. The van der Waals surface area contributed by atoms with E-state index in [1.807, 2.05) is 0 Å². The number of carboxylic acids is 1. The van der Waals surface area contributed by atoms with Gasteiger partial charge in [0.15, 0.2) is 0 Å². The molecular weight excluding hydrogens is 295 g/mol. The Morgan fingerprint density at radius 3 is 2.70 bits per heavy atom. The second-order valence-electron chi connectivity index (χ2n) is 3.76. The van der Waals surface area contributed by atoms with Crippen molar-refractivity contribution in [2.75, 3.05) is 0 Å². The van der Waals surface area contributed by atoms with E-state index in [1.54, 1.807) is 6.07 Å². The standard InChI is InChI=1S/C12H8F3NO3S/c13-12(14,15)19-9-4-2-1-3-8(9)11-16-7(6-20-11)5-10(17)18/h1-4,6H,5H2,(H,17,18). The highest BCUT2D eigenvalue weighted by molar-refractivity contribution is 7.13. The van der Waals surface area contributed by atoms with E-state index in [0.29, 0.717) is 5.69 Å². The van der Waals surface area contributed by atoms with Crippen molar-refractivity contribution in [1.29, 1.82) is 0 Å². The van der Waals surface area contributed by atoms with E-state index < -0.39 is 12.3 Å². The molecule has 0 spiro atoms. The fraction of sp³-hybridized carbons (Fsp3) is 0.167. The summed E-state index contributed by atoms with van der Waals surface area (Å²) in [7, 11) is 0. The maximum Gasteiger partial charge on any atom is 0.573 e. The Labute approximate surface area is 115 Å². The zero-order valence-electron chi connectivity index (χ0n) is 9.85. The Balaban J connectivity index is 2.32. The summed E-state index contributed by atoms with van der Waals surface area (Å²) in [6.45, 7) is 0. The molecule has 1 N–H and O–H groups in total. The van der Waals surface area contributed by atoms with E-state index in [0.717, 1.165) is 11.3 Å². The van der Waals surface area contributed by atoms with Crippen molar-refractivity contribution in [1.82, 2.24) is 4.98 Å². The number of hydrogen-bond donors (Lipinski definition) is 1. The van der Waals surface area contributed by atoms with Gasteiger partial charge in [-0.15, -0.1) is 24.5 Å². The number of ether oxygens (including phenoxy) is 1. The molecule has 0 fully saturated rings. The minimum Gasteiger partial charge on any atom is -0.481 e. The summed E-state index contributed by atoms with van der Waals surface area (Å²) in [5.74, 6) is -1.42. The molecule has 0 radical (unpaired) electrons. The number of rotatable bonds is 4. The van der Waals surface area contributed by atoms with Crippen molar-refractivity contribution < 1.29 is 27.8 Å². The van der Waals surface area contributed by atoms with Crippen LogP contribution in [0, 0.1) is 0 Å². The third kappa shape index (κ3) is 3.70. The molecule has 4 nitrogen and oxygen atoms in total. The van der Waals surface area contributed by atoms with Crippen LogP contribution in [0.15, 0.2) is 29.6 Å². The minimum absolute atomic E-state index is 0.173. The Bertz CT molecular complexity index is 624. The number of carbonyl (C=O) groups is 1. The van der Waals surface area contributed by atoms with Gasteiger partial charge in [-0.05, 0) is 12.1 Å². The number of para-hydroxylation sites is 1. The molecule has 0 aliphatic heterocycles. The number of hydrogen-bond acceptors (Lipinski definition) is 4. The predicted molar refractivity (Wildman–Crippen MR) is 65.6 cm³/mol. The first-order chi connectivity index (χ1) is 9.35. The average molecular weight is 303 g/mol. The molecule has 0 saturated heterocycles. The summed E-state index contributed by atoms with van der Waals surface area (Å²) in [6, 6.07) is 5.58. The van der Waals surface area contributed by atoms with Crippen molar-refractivity contribution in [2.45, 2.75) is 12.8 Å². The fourth-order valence-electron chi connectivity index (χ4n) is 1.52. The van der Waals surface area contributed by atoms with Crippen LogP contribution < -0.4 is 4.74 Å². The van der Waals surface area contributed by atoms with Crippen LogP contribution in [0.25, 0.3) is 10.6 Å². The molecule has 0 aliphatic rings. The molecule has 20 heavy (non-hydrogen) atoms. The largest absolute Gasteiger partial charge is 0.573 e. The fourth-order valence-corrected chi connectivity index (χ4v) is 2.37. The van der Waals surface area contributed by atoms with Crippen LogP contribution in [-0.4, -0.2) is 22.4 Å². The van der Waals surface area contributed by atoms with Crippen molar-refractivity contribution in [2.24, 2.45) is 0 Å². The molecule has 2 aromatic rings. The quantitative estimate of drug-likeness (QED) is 0.941. The van der Waals surface area contributed by atoms with E-state index in [-0.39, 0.29) is 22.7 Å². The Morgan fingerprint density at radius 1 is 1.35 bits per heavy atom. The van der Waals surface area contributed by atoms with Crippen LogP contribution in [0.2, 0.25) is 0 Å². The first-order valence-corrected chi connectivity index (χ1v) is 6.24. The van der Waals surface area contributed by atoms with E-state index in [4.69, 9.17) is 5.11 Å². The van der Waals surface area contributed by atoms with Crippen molar-refractivity contribution >= 4 is 17.3 Å². The summed E-state index contributed by atoms with van der Waals surface area (Å²) in [6.07, 6.45) is -5.07. The summed E-state index contributed by atoms with van der Waals surface area (Å²) < 4.78 is 40.8. The number of carboxylic acid groups (broad SMARTS) is 1. The third-order valence-electron chi connectivity index (χ3n) is 2.23. The van der Waals surface area contributed by atoms with Crippen LogP contribution in [0.4, 0.5) is 13.2 Å². The maximum absolute atomic E-state index is 12.3. The number of thiazole rings is 1. The Kier molecular flexibility index (Phi) is 3.93. The highest BCUT2D eigenvalue weighted by atomic mass is 32.1. The van der Waals surface area contributed by atoms with Crippen LogP contribution in [0.3, 0.4) is 0 Å². The highest BCUT2D eigenvalue weighted by Crippen LogP contribution is 2.35. The van der Waals surface area contributed by atoms with Gasteiger partial charge in [-0.1, -0.05) is 12.1 Å². The van der Waals surface area contributed by atoms with Crippen LogP contribution >= 0.6 is 11.3 Å². The normalized spacial score (nSPS) is 11.3. The van der Waals surface area contributed by atoms with Crippen molar-refractivity contribution in [3.8, 4) is 16.3 Å². The van der Waals surface area contributed by atoms with Gasteiger partial charge in [0.1, 0.15) is 10.8 Å². The van der Waals surface area contributed by atoms with Gasteiger partial charge in [-0.25, -0.2) is 4.98 Å². The summed E-state index contributed by atoms with van der Waals surface area (Å²) >= 11 is 1.06. The number of nitrogens with zero attached hydrogens (tertiary/aromatic N) is 1. The molecule has 2 rings (SSSR count). The van der Waals surface area contributed by atoms with E-state index in [1.165, 1.54) is 23.6 Å². The lowest BCUT2D eigenvalue weighted by Crippen LogP contribution is -2.17. The molecule has 1 aromatic heterocycles. The minimum atomic E-state index is -4.79. The average Bonchev–Trinajstić information content (AvgIpc) is 2.75. The van der Waals surface area contributed by atoms with E-state index in [2.05, 4.69) is 9.72 Å². The lowest BCUT2D eigenvalue weighted by Gasteiger charge is -2.11. The van der Waals surface area contributed by atoms with Gasteiger partial charge < -0.3 is 9.84 Å². The molecule has 0 amide bonds. The van der Waals surface area contributed by atoms with Crippen LogP contribution in [0.1, 0.15) is 5.69 Å². The number of aliphatic carboxylic acids is 1. The molecule has 0 unspecified atom stereocenters. The number of benzene rings is 1. The molecule has 106 valence electrons. The Morgan fingerprint density at radius 2 is 2.05 bits per heavy atom. The second-order valence-corrected chi connectivity index (χ2v) is 4.62. The first kappa shape index (κ1) is 14.3. The van der Waals surface area contributed by atoms with Crippen molar-refractivity contribution in [3.05, 3.63) is 35.3 Å². The van der Waals surface area contributed by atoms with Crippen LogP contribution in [-0.2, 0) is 11.2 Å². The highest BCUT2D eigenvalue weighted by Gasteiger charge is 2.32. The molecule has 1 aromatic carbocycles. The zero-order chi connectivity index (χ0) is 14.8. The molecule has 8 heteroatoms. The molecule has 1 heterocycles. The summed E-state index contributed by atoms with van der Waals surface area (Å²) in [5.41, 5.74) is 0.464. The lowest BCUT2D eigenvalue weighted by molar-refractivity contribution is -0.274. The van der Waals surface area contributed by atoms with Gasteiger partial charge >= 0.3 is 12.3 Å². The summed E-state index contributed by atoms with van der Waals surface area (Å²) in [4.78, 5) is 14.6. The Hall–Kier alpha value is -2.09. The van der Waals surface area contributed by atoms with E-state index in [9.17, 15) is 18.0 Å². The predicted octanol–water partition coefficient (Wildman–Crippen LogP) is 3.34. The molecule has 0 atom stereocenters. The lowest BCUT2D eigenvalue weighted by atomic mass is 10.2. The second kappa shape index (κ2) is 5.49. The first-order valence-electron chi connectivity index (χ1n) is 5.36. The SMILES string of the molecule is O=C(O)Cc1csc(-c2ccccc2OC(F)(F)F)n1. The van der Waals surface area contributed by atoms with Gasteiger partial charge in [-0.2, -0.15) is 0 Å². The number of halogens is 3. The maximum atomic E-state index is 12.3. The topological polar surface area (TPSA) is 59.4 Å². The van der Waals surface area contributed by atoms with Gasteiger partial charge in [0.25, 0.3) is 0 Å². The molecule has 0 saturated carbocycles. The zero-order valence-corrected chi connectivity index (χ0v) is 10.7. The molecule has 0 aliphatic carbocycles. The molecular formula is C12H8F3NO3S. The van der Waals surface area contributed by atoms with E-state index >= 15 is 0 Å².